The number of anilines is 1. The average Bonchev–Trinajstić information content (AvgIpc) is 3.15. The van der Waals surface area contributed by atoms with E-state index in [1.165, 1.54) is 11.1 Å². The van der Waals surface area contributed by atoms with Crippen LogP contribution >= 0.6 is 11.6 Å². The summed E-state index contributed by atoms with van der Waals surface area (Å²) < 4.78 is 30.0. The fraction of sp³-hybridized carbons (Fsp3) is 0.556. The van der Waals surface area contributed by atoms with E-state index in [1.807, 2.05) is 25.1 Å². The molecule has 1 saturated carbocycles. The number of aryl methyl sites for hydroxylation is 1. The first kappa shape index (κ1) is 31.1. The van der Waals surface area contributed by atoms with Crippen molar-refractivity contribution in [1.29, 1.82) is 0 Å². The average molecular weight is 652 g/mol. The van der Waals surface area contributed by atoms with Gasteiger partial charge in [-0.15, -0.1) is 0 Å². The maximum absolute atomic E-state index is 13.8. The zero-order chi connectivity index (χ0) is 31.4. The maximum Gasteiger partial charge on any atom is 0.262 e. The van der Waals surface area contributed by atoms with Gasteiger partial charge in [-0.05, 0) is 111 Å². The van der Waals surface area contributed by atoms with Crippen molar-refractivity contribution in [3.8, 4) is 5.75 Å². The van der Waals surface area contributed by atoms with Crippen LogP contribution in [0.15, 0.2) is 48.6 Å². The van der Waals surface area contributed by atoms with Crippen molar-refractivity contribution in [3.63, 3.8) is 0 Å². The number of rotatable bonds is 0. The number of halogens is 1. The molecule has 7 atom stereocenters. The molecule has 242 valence electrons. The zero-order valence-corrected chi connectivity index (χ0v) is 28.1. The Morgan fingerprint density at radius 1 is 1.16 bits per heavy atom. The minimum atomic E-state index is -2.91. The number of ether oxygens (including phenoxy) is 2. The molecule has 0 radical (unpaired) electrons. The Balaban J connectivity index is 1.32. The fourth-order valence-corrected chi connectivity index (χ4v) is 10.1. The van der Waals surface area contributed by atoms with Crippen molar-refractivity contribution >= 4 is 38.8 Å². The minimum Gasteiger partial charge on any atom is -0.490 e. The van der Waals surface area contributed by atoms with Crippen LogP contribution in [0.2, 0.25) is 5.02 Å². The van der Waals surface area contributed by atoms with Gasteiger partial charge < -0.3 is 19.7 Å². The van der Waals surface area contributed by atoms with Crippen molar-refractivity contribution in [1.82, 2.24) is 10.0 Å². The van der Waals surface area contributed by atoms with E-state index in [0.29, 0.717) is 30.6 Å². The maximum atomic E-state index is 13.8. The summed E-state index contributed by atoms with van der Waals surface area (Å²) in [5, 5.41) is 4.08. The summed E-state index contributed by atoms with van der Waals surface area (Å²) in [4.78, 5) is 16.1. The lowest BCUT2D eigenvalue weighted by molar-refractivity contribution is -0.112. The summed E-state index contributed by atoms with van der Waals surface area (Å²) in [5.41, 5.74) is 3.44. The number of hydrogen-bond acceptors (Lipinski definition) is 6. The number of nitrogens with zero attached hydrogens (tertiary/aromatic N) is 1. The number of amides is 1. The number of hydrogen-bond donors (Lipinski definition) is 2. The summed E-state index contributed by atoms with van der Waals surface area (Å²) in [5.74, 6) is 5.29. The number of carbonyl (C=O) groups excluding carboxylic acids is 1. The van der Waals surface area contributed by atoms with Gasteiger partial charge in [0.05, 0.1) is 28.6 Å². The van der Waals surface area contributed by atoms with Crippen molar-refractivity contribution in [3.05, 3.63) is 70.3 Å². The molecule has 7 rings (SSSR count). The predicted octanol–water partition coefficient (Wildman–Crippen LogP) is 5.54. The molecule has 9 heteroatoms. The van der Waals surface area contributed by atoms with E-state index in [1.54, 1.807) is 6.07 Å². The molecule has 2 bridgehead atoms. The molecule has 2 spiro atoms. The number of carbonyl (C=O) groups is 1. The SMILES string of the molecule is C=S1(=O)NC(=O)c2ccc3c(c2)N(C[C@@H]2CC[C@H]2[C@]2(/C=C/C[C@H](C)[C@H]1C)CNCCO2)C[C@@]1(CCCc2cc(Cl)ccc21)CO3. The highest BCUT2D eigenvalue weighted by molar-refractivity contribution is 7.99. The molecule has 2 aromatic rings. The number of morpholine rings is 1. The van der Waals surface area contributed by atoms with Crippen LogP contribution in [0.5, 0.6) is 5.75 Å². The van der Waals surface area contributed by atoms with Crippen LogP contribution in [0.25, 0.3) is 0 Å². The topological polar surface area (TPSA) is 79.9 Å². The van der Waals surface area contributed by atoms with Gasteiger partial charge in [-0.3, -0.25) is 9.52 Å². The monoisotopic (exact) mass is 651 g/mol. The first-order valence-corrected chi connectivity index (χ1v) is 18.8. The molecule has 1 unspecified atom stereocenters. The molecule has 7 nitrogen and oxygen atoms in total. The standard InChI is InChI=1S/C36H46ClN3O4S/c1-24-6-4-15-36(21-38-16-17-44-36)31-11-8-28(31)20-40-22-35(14-5-7-26-18-29(37)10-12-30(26)35)23-43-33-13-9-27(19-32(33)40)34(41)39-45(3,42)25(24)2/h4,9-10,12-13,15,18-19,24-25,28,31,38H,3,5-8,11,14,16-17,20-23H2,1-2H3,(H,39,41,42)/b15-4+/t24-,25+,28-,31+,35-,36-,45?/m0/s1. The molecule has 2 aliphatic carbocycles. The van der Waals surface area contributed by atoms with E-state index in [2.05, 4.69) is 52.0 Å². The summed E-state index contributed by atoms with van der Waals surface area (Å²) in [6.07, 6.45) is 10.6. The van der Waals surface area contributed by atoms with Crippen LogP contribution in [-0.2, 0) is 26.3 Å². The molecule has 3 aliphatic heterocycles. The Labute approximate surface area is 273 Å². The summed E-state index contributed by atoms with van der Waals surface area (Å²) in [6, 6.07) is 12.0. The van der Waals surface area contributed by atoms with Crippen LogP contribution in [0, 0.1) is 17.8 Å². The van der Waals surface area contributed by atoms with E-state index in [9.17, 15) is 9.00 Å². The molecule has 0 aromatic heterocycles. The quantitative estimate of drug-likeness (QED) is 0.288. The summed E-state index contributed by atoms with van der Waals surface area (Å²) in [7, 11) is -2.91. The van der Waals surface area contributed by atoms with Gasteiger partial charge in [-0.2, -0.15) is 0 Å². The highest BCUT2D eigenvalue weighted by Crippen LogP contribution is 2.49. The molecule has 2 fully saturated rings. The van der Waals surface area contributed by atoms with Gasteiger partial charge in [-0.25, -0.2) is 4.21 Å². The van der Waals surface area contributed by atoms with Crippen LogP contribution < -0.4 is 19.7 Å². The first-order chi connectivity index (χ1) is 21.6. The molecular weight excluding hydrogens is 606 g/mol. The van der Waals surface area contributed by atoms with Crippen LogP contribution in [-0.4, -0.2) is 66.2 Å². The third-order valence-corrected chi connectivity index (χ3v) is 13.9. The van der Waals surface area contributed by atoms with Crippen molar-refractivity contribution in [2.24, 2.45) is 17.8 Å². The lowest BCUT2D eigenvalue weighted by atomic mass is 9.63. The van der Waals surface area contributed by atoms with E-state index in [4.69, 9.17) is 21.1 Å². The zero-order valence-electron chi connectivity index (χ0n) is 26.5. The lowest BCUT2D eigenvalue weighted by Crippen LogP contribution is -2.59. The summed E-state index contributed by atoms with van der Waals surface area (Å²) >= 11 is 6.46. The molecule has 5 aliphatic rings. The normalized spacial score (nSPS) is 37.4. The Bertz CT molecular complexity index is 1600. The van der Waals surface area contributed by atoms with Crippen molar-refractivity contribution < 1.29 is 18.5 Å². The molecule has 3 heterocycles. The van der Waals surface area contributed by atoms with E-state index in [-0.39, 0.29) is 28.1 Å². The van der Waals surface area contributed by atoms with Gasteiger partial charge in [0.25, 0.3) is 5.91 Å². The van der Waals surface area contributed by atoms with E-state index < -0.39 is 9.71 Å². The lowest BCUT2D eigenvalue weighted by Gasteiger charge is -2.52. The molecular formula is C36H46ClN3O4S. The first-order valence-electron chi connectivity index (χ1n) is 16.6. The van der Waals surface area contributed by atoms with E-state index >= 15 is 0 Å². The summed E-state index contributed by atoms with van der Waals surface area (Å²) in [6.45, 7) is 8.53. The number of fused-ring (bicyclic) bond motifs is 5. The van der Waals surface area contributed by atoms with E-state index in [0.717, 1.165) is 81.2 Å². The molecule has 1 saturated heterocycles. The number of allylic oxidation sites excluding steroid dienone is 1. The Morgan fingerprint density at radius 2 is 2.02 bits per heavy atom. The number of nitrogens with one attached hydrogen (secondary N) is 2. The Hall–Kier alpha value is -2.52. The highest BCUT2D eigenvalue weighted by Gasteiger charge is 2.50. The van der Waals surface area contributed by atoms with Gasteiger partial charge in [0.15, 0.2) is 0 Å². The highest BCUT2D eigenvalue weighted by atomic mass is 35.5. The van der Waals surface area contributed by atoms with Crippen LogP contribution in [0.4, 0.5) is 5.69 Å². The van der Waals surface area contributed by atoms with Gasteiger partial charge in [0, 0.05) is 47.4 Å². The molecule has 2 aromatic carbocycles. The second kappa shape index (κ2) is 11.9. The Morgan fingerprint density at radius 3 is 2.80 bits per heavy atom. The second-order valence-electron chi connectivity index (χ2n) is 14.2. The largest absolute Gasteiger partial charge is 0.490 e. The minimum absolute atomic E-state index is 0.0608. The fourth-order valence-electron chi connectivity index (χ4n) is 8.44. The second-order valence-corrected chi connectivity index (χ2v) is 17.0. The van der Waals surface area contributed by atoms with Crippen LogP contribution in [0.3, 0.4) is 0 Å². The molecule has 45 heavy (non-hydrogen) atoms. The van der Waals surface area contributed by atoms with Gasteiger partial charge in [0.2, 0.25) is 0 Å². The molecule has 1 amide bonds. The van der Waals surface area contributed by atoms with Gasteiger partial charge in [-0.1, -0.05) is 36.7 Å². The van der Waals surface area contributed by atoms with Gasteiger partial charge >= 0.3 is 0 Å². The molecule has 2 N–H and O–H groups in total. The third kappa shape index (κ3) is 5.70. The van der Waals surface area contributed by atoms with Crippen LogP contribution in [0.1, 0.15) is 67.4 Å². The number of benzene rings is 2. The van der Waals surface area contributed by atoms with Crippen molar-refractivity contribution in [2.45, 2.75) is 68.6 Å². The van der Waals surface area contributed by atoms with Crippen molar-refractivity contribution in [2.75, 3.05) is 44.3 Å². The smallest absolute Gasteiger partial charge is 0.262 e. The van der Waals surface area contributed by atoms with Gasteiger partial charge in [0.1, 0.15) is 11.4 Å². The predicted molar refractivity (Wildman–Crippen MR) is 183 cm³/mol. The Kier molecular flexibility index (Phi) is 8.24. The third-order valence-electron chi connectivity index (χ3n) is 11.4.